The minimum Gasteiger partial charge on any atom is -0.462 e. The highest BCUT2D eigenvalue weighted by atomic mass is 31.2. The van der Waals surface area contributed by atoms with Crippen molar-refractivity contribution in [3.05, 3.63) is 0 Å². The molecule has 0 saturated heterocycles. The summed E-state index contributed by atoms with van der Waals surface area (Å²) in [5, 5.41) is 0. The first-order chi connectivity index (χ1) is 17.5. The Balaban J connectivity index is 4.90. The summed E-state index contributed by atoms with van der Waals surface area (Å²) < 4.78 is 33.9. The third-order valence-corrected chi connectivity index (χ3v) is 7.14. The lowest BCUT2D eigenvalue weighted by Crippen LogP contribution is -2.37. The monoisotopic (exact) mass is 566 g/mol. The molecule has 0 spiro atoms. The van der Waals surface area contributed by atoms with Crippen LogP contribution in [-0.2, 0) is 32.7 Å². The molecule has 226 valence electrons. The Labute approximate surface area is 232 Å². The van der Waals surface area contributed by atoms with Crippen molar-refractivity contribution in [2.75, 3.05) is 47.5 Å². The molecule has 0 fully saturated rings. The fourth-order valence-corrected chi connectivity index (χ4v) is 4.50. The molecule has 0 amide bonds. The summed E-state index contributed by atoms with van der Waals surface area (Å²) in [6.07, 6.45) is 5.61. The lowest BCUT2D eigenvalue weighted by atomic mass is 9.97. The molecule has 10 heteroatoms. The second kappa shape index (κ2) is 19.1. The number of carbonyl (C=O) groups is 2. The van der Waals surface area contributed by atoms with Crippen LogP contribution in [0.1, 0.15) is 92.9 Å². The van der Waals surface area contributed by atoms with Crippen LogP contribution in [0.25, 0.3) is 0 Å². The molecular weight excluding hydrogens is 509 g/mol. The smallest absolute Gasteiger partial charge is 0.462 e. The highest BCUT2D eigenvalue weighted by Gasteiger charge is 2.27. The van der Waals surface area contributed by atoms with Crippen LogP contribution in [0, 0.1) is 23.7 Å². The third kappa shape index (κ3) is 22.9. The molecule has 0 aliphatic heterocycles. The van der Waals surface area contributed by atoms with E-state index in [-0.39, 0.29) is 37.9 Å². The number of phosphoric acid groups is 1. The van der Waals surface area contributed by atoms with E-state index < -0.39 is 32.5 Å². The summed E-state index contributed by atoms with van der Waals surface area (Å²) in [7, 11) is 1.45. The highest BCUT2D eigenvalue weighted by Crippen LogP contribution is 2.43. The lowest BCUT2D eigenvalue weighted by molar-refractivity contribution is -0.870. The van der Waals surface area contributed by atoms with E-state index in [1.165, 1.54) is 0 Å². The number of phosphoric ester groups is 1. The van der Waals surface area contributed by atoms with E-state index in [2.05, 4.69) is 27.7 Å². The molecule has 0 heterocycles. The summed E-state index contributed by atoms with van der Waals surface area (Å²) in [4.78, 5) is 35.0. The van der Waals surface area contributed by atoms with Crippen LogP contribution < -0.4 is 0 Å². The number of hydrogen-bond acceptors (Lipinski definition) is 7. The summed E-state index contributed by atoms with van der Waals surface area (Å²) in [6, 6.07) is 0. The van der Waals surface area contributed by atoms with Crippen LogP contribution in [0.2, 0.25) is 0 Å². The van der Waals surface area contributed by atoms with Crippen molar-refractivity contribution >= 4 is 19.8 Å². The Morgan fingerprint density at radius 1 is 0.763 bits per heavy atom. The number of quaternary nitrogens is 1. The summed E-state index contributed by atoms with van der Waals surface area (Å²) >= 11 is 0. The van der Waals surface area contributed by atoms with Crippen molar-refractivity contribution in [2.24, 2.45) is 23.7 Å². The molecule has 0 aromatic carbocycles. The zero-order valence-electron chi connectivity index (χ0n) is 25.6. The largest absolute Gasteiger partial charge is 0.472 e. The van der Waals surface area contributed by atoms with Gasteiger partial charge in [0.15, 0.2) is 6.10 Å². The molecule has 4 atom stereocenters. The van der Waals surface area contributed by atoms with Gasteiger partial charge in [-0.1, -0.05) is 80.1 Å². The fourth-order valence-electron chi connectivity index (χ4n) is 3.76. The lowest BCUT2D eigenvalue weighted by Gasteiger charge is -2.24. The molecule has 0 bridgehead atoms. The predicted molar refractivity (Wildman–Crippen MR) is 150 cm³/mol. The van der Waals surface area contributed by atoms with Crippen LogP contribution in [0.4, 0.5) is 0 Å². The normalized spacial score (nSPS) is 16.2. The molecule has 0 rings (SSSR count). The molecule has 0 aromatic heterocycles. The first-order valence-corrected chi connectivity index (χ1v) is 15.8. The van der Waals surface area contributed by atoms with Crippen molar-refractivity contribution in [3.63, 3.8) is 0 Å². The van der Waals surface area contributed by atoms with Gasteiger partial charge in [0, 0.05) is 12.8 Å². The van der Waals surface area contributed by atoms with Gasteiger partial charge in [-0.15, -0.1) is 0 Å². The fraction of sp³-hybridized carbons (Fsp3) is 0.929. The van der Waals surface area contributed by atoms with Crippen LogP contribution in [0.5, 0.6) is 0 Å². The molecule has 9 nitrogen and oxygen atoms in total. The zero-order chi connectivity index (χ0) is 29.4. The number of esters is 2. The van der Waals surface area contributed by atoms with E-state index in [1.54, 1.807) is 0 Å². The van der Waals surface area contributed by atoms with E-state index in [1.807, 2.05) is 35.0 Å². The van der Waals surface area contributed by atoms with Gasteiger partial charge in [0.1, 0.15) is 19.8 Å². The topological polar surface area (TPSA) is 108 Å². The third-order valence-electron chi connectivity index (χ3n) is 6.16. The molecule has 0 aromatic rings. The van der Waals surface area contributed by atoms with Gasteiger partial charge in [-0.3, -0.25) is 18.6 Å². The van der Waals surface area contributed by atoms with Gasteiger partial charge in [-0.05, 0) is 23.7 Å². The number of hydrogen-bond donors (Lipinski definition) is 1. The van der Waals surface area contributed by atoms with Crippen LogP contribution in [0.15, 0.2) is 0 Å². The van der Waals surface area contributed by atoms with Gasteiger partial charge in [-0.25, -0.2) is 4.57 Å². The zero-order valence-corrected chi connectivity index (χ0v) is 26.5. The van der Waals surface area contributed by atoms with E-state index in [0.29, 0.717) is 22.9 Å². The summed E-state index contributed by atoms with van der Waals surface area (Å²) in [6.45, 7) is 12.6. The number of nitrogens with zero attached hydrogens (tertiary/aromatic N) is 1. The van der Waals surface area contributed by atoms with Gasteiger partial charge in [0.2, 0.25) is 0 Å². The van der Waals surface area contributed by atoms with Gasteiger partial charge < -0.3 is 18.9 Å². The van der Waals surface area contributed by atoms with E-state index >= 15 is 0 Å². The predicted octanol–water partition coefficient (Wildman–Crippen LogP) is 5.99. The Hall–Kier alpha value is -0.990. The SMILES string of the molecule is CC(C)CCCC(C)CC(=O)OC[C@H](COP(=O)(O)OCC[N+](C)(C)C)OC(=O)CC(C)CCCC(C)C. The first kappa shape index (κ1) is 37.0. The Kier molecular flexibility index (Phi) is 18.7. The number of rotatable bonds is 22. The van der Waals surface area contributed by atoms with Gasteiger partial charge in [0.05, 0.1) is 27.7 Å². The Bertz CT molecular complexity index is 707. The first-order valence-electron chi connectivity index (χ1n) is 14.3. The average Bonchev–Trinajstić information content (AvgIpc) is 2.73. The van der Waals surface area contributed by atoms with Crippen molar-refractivity contribution in [3.8, 4) is 0 Å². The summed E-state index contributed by atoms with van der Waals surface area (Å²) in [5.41, 5.74) is 0. The molecule has 1 N–H and O–H groups in total. The molecule has 0 aliphatic rings. The molecular formula is C28H57NO8P+. The standard InChI is InChI=1S/C28H56NO8P/c1-22(2)12-10-14-24(5)18-27(30)34-20-26(21-36-38(32,33)35-17-16-29(7,8)9)37-28(31)19-25(6)15-11-13-23(3)4/h22-26H,10-21H2,1-9H3/p+1/t24?,25?,26-/m1/s1. The second-order valence-electron chi connectivity index (χ2n) is 12.7. The molecule has 0 saturated carbocycles. The van der Waals surface area contributed by atoms with E-state index in [9.17, 15) is 19.0 Å². The molecule has 0 radical (unpaired) electrons. The van der Waals surface area contributed by atoms with Crippen molar-refractivity contribution in [2.45, 2.75) is 99.0 Å². The quantitative estimate of drug-likeness (QED) is 0.0968. The van der Waals surface area contributed by atoms with Gasteiger partial charge in [0.25, 0.3) is 0 Å². The highest BCUT2D eigenvalue weighted by molar-refractivity contribution is 7.47. The van der Waals surface area contributed by atoms with Crippen molar-refractivity contribution < 1.29 is 42.1 Å². The summed E-state index contributed by atoms with van der Waals surface area (Å²) in [5.74, 6) is 0.713. The molecule has 0 aliphatic carbocycles. The van der Waals surface area contributed by atoms with Crippen LogP contribution in [-0.4, -0.2) is 74.9 Å². The van der Waals surface area contributed by atoms with Crippen LogP contribution >= 0.6 is 7.82 Å². The number of ether oxygens (including phenoxy) is 2. The van der Waals surface area contributed by atoms with E-state index in [0.717, 1.165) is 38.5 Å². The molecule has 38 heavy (non-hydrogen) atoms. The number of likely N-dealkylation sites (N-methyl/N-ethyl adjacent to an activating group) is 1. The average molecular weight is 567 g/mol. The van der Waals surface area contributed by atoms with Gasteiger partial charge >= 0.3 is 19.8 Å². The van der Waals surface area contributed by atoms with Crippen LogP contribution in [0.3, 0.4) is 0 Å². The number of carbonyl (C=O) groups excluding carboxylic acids is 2. The van der Waals surface area contributed by atoms with Crippen molar-refractivity contribution in [1.82, 2.24) is 0 Å². The molecule has 3 unspecified atom stereocenters. The second-order valence-corrected chi connectivity index (χ2v) is 14.1. The maximum atomic E-state index is 12.6. The van der Waals surface area contributed by atoms with Crippen molar-refractivity contribution in [1.29, 1.82) is 0 Å². The Morgan fingerprint density at radius 2 is 1.26 bits per heavy atom. The van der Waals surface area contributed by atoms with E-state index in [4.69, 9.17) is 18.5 Å². The Morgan fingerprint density at radius 3 is 1.74 bits per heavy atom. The van der Waals surface area contributed by atoms with Gasteiger partial charge in [-0.2, -0.15) is 0 Å². The minimum absolute atomic E-state index is 0.0271. The maximum absolute atomic E-state index is 12.6. The maximum Gasteiger partial charge on any atom is 0.472 e. The minimum atomic E-state index is -4.36.